The number of hydrogen-bond donors (Lipinski definition) is 3. The van der Waals surface area contributed by atoms with Crippen molar-refractivity contribution in [3.05, 3.63) is 10.5 Å². The highest BCUT2D eigenvalue weighted by molar-refractivity contribution is 5.82. The van der Waals surface area contributed by atoms with E-state index in [2.05, 4.69) is 20.3 Å². The summed E-state index contributed by atoms with van der Waals surface area (Å²) in [6, 6.07) is 0. The number of imidazole rings is 1. The highest BCUT2D eigenvalue weighted by Gasteiger charge is 2.20. The third-order valence-corrected chi connectivity index (χ3v) is 5.71. The largest absolute Gasteiger partial charge is 0.382 e. The lowest BCUT2D eigenvalue weighted by molar-refractivity contribution is 0.0613. The number of ether oxygens (including phenoxy) is 1. The van der Waals surface area contributed by atoms with E-state index in [1.807, 2.05) is 0 Å². The zero-order valence-corrected chi connectivity index (χ0v) is 15.2. The summed E-state index contributed by atoms with van der Waals surface area (Å²) < 4.78 is 7.12. The van der Waals surface area contributed by atoms with Crippen molar-refractivity contribution < 1.29 is 4.74 Å². The zero-order chi connectivity index (χ0) is 17.9. The second-order valence-electron chi connectivity index (χ2n) is 7.61. The molecular weight excluding hydrogens is 332 g/mol. The summed E-state index contributed by atoms with van der Waals surface area (Å²) in [7, 11) is 0. The Hall–Kier alpha value is -2.09. The molecule has 3 heterocycles. The van der Waals surface area contributed by atoms with Gasteiger partial charge in [0.1, 0.15) is 5.52 Å². The van der Waals surface area contributed by atoms with Crippen LogP contribution in [-0.4, -0.2) is 39.3 Å². The van der Waals surface area contributed by atoms with Gasteiger partial charge in [0.05, 0.1) is 0 Å². The third-order valence-electron chi connectivity index (χ3n) is 5.71. The summed E-state index contributed by atoms with van der Waals surface area (Å²) >= 11 is 0. The van der Waals surface area contributed by atoms with Gasteiger partial charge in [-0.2, -0.15) is 9.97 Å². The number of hydrogen-bond acceptors (Lipinski definition) is 6. The fourth-order valence-electron chi connectivity index (χ4n) is 4.11. The van der Waals surface area contributed by atoms with Crippen LogP contribution in [0.2, 0.25) is 0 Å². The van der Waals surface area contributed by atoms with Crippen molar-refractivity contribution in [1.82, 2.24) is 19.5 Å². The van der Waals surface area contributed by atoms with Crippen molar-refractivity contribution in [1.29, 1.82) is 0 Å². The molecule has 0 aromatic carbocycles. The maximum Gasteiger partial charge on any atom is 0.327 e. The van der Waals surface area contributed by atoms with Crippen molar-refractivity contribution in [3.8, 4) is 0 Å². The van der Waals surface area contributed by atoms with Crippen LogP contribution in [-0.2, 0) is 11.3 Å². The Morgan fingerprint density at radius 3 is 2.65 bits per heavy atom. The lowest BCUT2D eigenvalue weighted by Crippen LogP contribution is -2.26. The molecule has 2 fully saturated rings. The summed E-state index contributed by atoms with van der Waals surface area (Å²) in [5, 5.41) is 3.34. The predicted molar refractivity (Wildman–Crippen MR) is 101 cm³/mol. The van der Waals surface area contributed by atoms with Crippen LogP contribution in [0, 0.1) is 11.8 Å². The lowest BCUT2D eigenvalue weighted by atomic mass is 9.89. The standard InChI is InChI=1S/C18H28N6O2/c19-15-14-16(23-17(22-15)20-10-12-4-2-1-3-5-12)24(18(25)21-14)11-13-6-8-26-9-7-13/h12-13H,1-11H2,(H,21,25)(H3,19,20,22,23). The Kier molecular flexibility index (Phi) is 5.10. The van der Waals surface area contributed by atoms with Crippen LogP contribution in [0.5, 0.6) is 0 Å². The van der Waals surface area contributed by atoms with Gasteiger partial charge in [0, 0.05) is 26.3 Å². The molecule has 2 aliphatic rings. The minimum atomic E-state index is -0.170. The van der Waals surface area contributed by atoms with Crippen LogP contribution in [0.25, 0.3) is 11.2 Å². The summed E-state index contributed by atoms with van der Waals surface area (Å²) in [5.41, 5.74) is 7.05. The molecule has 1 aliphatic carbocycles. The molecule has 0 amide bonds. The minimum Gasteiger partial charge on any atom is -0.382 e. The van der Waals surface area contributed by atoms with Crippen molar-refractivity contribution in [2.45, 2.75) is 51.5 Å². The number of nitrogens with one attached hydrogen (secondary N) is 2. The number of nitrogens with two attached hydrogens (primary N) is 1. The predicted octanol–water partition coefficient (Wildman–Crippen LogP) is 2.12. The van der Waals surface area contributed by atoms with Crippen LogP contribution < -0.4 is 16.7 Å². The van der Waals surface area contributed by atoms with E-state index >= 15 is 0 Å². The Morgan fingerprint density at radius 1 is 1.12 bits per heavy atom. The molecule has 0 spiro atoms. The van der Waals surface area contributed by atoms with Crippen molar-refractivity contribution in [2.24, 2.45) is 11.8 Å². The average molecular weight is 360 g/mol. The van der Waals surface area contributed by atoms with Crippen LogP contribution >= 0.6 is 0 Å². The summed E-state index contributed by atoms with van der Waals surface area (Å²) in [4.78, 5) is 24.2. The van der Waals surface area contributed by atoms with Gasteiger partial charge >= 0.3 is 5.69 Å². The molecule has 4 rings (SSSR count). The maximum atomic E-state index is 12.4. The van der Waals surface area contributed by atoms with E-state index in [1.165, 1.54) is 32.1 Å². The van der Waals surface area contributed by atoms with Crippen molar-refractivity contribution in [3.63, 3.8) is 0 Å². The molecule has 2 aromatic heterocycles. The molecule has 0 bridgehead atoms. The quantitative estimate of drug-likeness (QED) is 0.753. The van der Waals surface area contributed by atoms with E-state index in [0.717, 1.165) is 32.6 Å². The molecule has 1 saturated carbocycles. The first-order chi connectivity index (χ1) is 12.7. The van der Waals surface area contributed by atoms with E-state index in [4.69, 9.17) is 10.5 Å². The summed E-state index contributed by atoms with van der Waals surface area (Å²) in [6.07, 6.45) is 8.38. The van der Waals surface area contributed by atoms with Crippen LogP contribution in [0.4, 0.5) is 11.8 Å². The second kappa shape index (κ2) is 7.65. The van der Waals surface area contributed by atoms with Crippen molar-refractivity contribution in [2.75, 3.05) is 30.8 Å². The maximum absolute atomic E-state index is 12.4. The number of fused-ring (bicyclic) bond motifs is 1. The van der Waals surface area contributed by atoms with Gasteiger partial charge in [0.25, 0.3) is 0 Å². The first kappa shape index (κ1) is 17.3. The normalized spacial score (nSPS) is 19.8. The topological polar surface area (TPSA) is 111 Å². The van der Waals surface area contributed by atoms with Crippen LogP contribution in [0.15, 0.2) is 4.79 Å². The fraction of sp³-hybridized carbons (Fsp3) is 0.722. The number of nitrogen functional groups attached to an aromatic ring is 1. The van der Waals surface area contributed by atoms with Gasteiger partial charge < -0.3 is 20.8 Å². The third kappa shape index (κ3) is 3.70. The van der Waals surface area contributed by atoms with E-state index in [0.29, 0.717) is 41.3 Å². The van der Waals surface area contributed by atoms with Gasteiger partial charge in [-0.15, -0.1) is 0 Å². The second-order valence-corrected chi connectivity index (χ2v) is 7.61. The molecule has 2 aromatic rings. The van der Waals surface area contributed by atoms with Gasteiger partial charge in [-0.3, -0.25) is 4.57 Å². The molecule has 0 unspecified atom stereocenters. The summed E-state index contributed by atoms with van der Waals surface area (Å²) in [6.45, 7) is 3.01. The highest BCUT2D eigenvalue weighted by Crippen LogP contribution is 2.24. The first-order valence-corrected chi connectivity index (χ1v) is 9.78. The molecule has 8 nitrogen and oxygen atoms in total. The van der Waals surface area contributed by atoms with Crippen molar-refractivity contribution >= 4 is 22.9 Å². The smallest absolute Gasteiger partial charge is 0.327 e. The molecule has 142 valence electrons. The monoisotopic (exact) mass is 360 g/mol. The van der Waals surface area contributed by atoms with Gasteiger partial charge in [-0.1, -0.05) is 19.3 Å². The highest BCUT2D eigenvalue weighted by atomic mass is 16.5. The molecular formula is C18H28N6O2. The number of rotatable bonds is 5. The zero-order valence-electron chi connectivity index (χ0n) is 15.2. The number of nitrogens with zero attached hydrogens (tertiary/aromatic N) is 3. The number of H-pyrrole nitrogens is 1. The molecule has 0 atom stereocenters. The first-order valence-electron chi connectivity index (χ1n) is 9.78. The van der Waals surface area contributed by atoms with E-state index < -0.39 is 0 Å². The Morgan fingerprint density at radius 2 is 1.88 bits per heavy atom. The lowest BCUT2D eigenvalue weighted by Gasteiger charge is -2.22. The van der Waals surface area contributed by atoms with Crippen LogP contribution in [0.3, 0.4) is 0 Å². The Labute approximate surface area is 152 Å². The number of aromatic amines is 1. The Bertz CT molecular complexity index is 802. The molecule has 4 N–H and O–H groups in total. The van der Waals surface area contributed by atoms with E-state index in [9.17, 15) is 4.79 Å². The van der Waals surface area contributed by atoms with Gasteiger partial charge in [-0.05, 0) is 37.5 Å². The Balaban J connectivity index is 1.55. The number of anilines is 2. The molecule has 1 aliphatic heterocycles. The molecule has 8 heteroatoms. The molecule has 0 radical (unpaired) electrons. The average Bonchev–Trinajstić information content (AvgIpc) is 2.98. The van der Waals surface area contributed by atoms with E-state index in [-0.39, 0.29) is 5.69 Å². The number of aromatic nitrogens is 4. The van der Waals surface area contributed by atoms with Gasteiger partial charge in [0.15, 0.2) is 11.5 Å². The summed E-state index contributed by atoms with van der Waals surface area (Å²) in [5.74, 6) is 1.93. The molecule has 26 heavy (non-hydrogen) atoms. The van der Waals surface area contributed by atoms with Gasteiger partial charge in [0.2, 0.25) is 5.95 Å². The minimum absolute atomic E-state index is 0.170. The van der Waals surface area contributed by atoms with E-state index in [1.54, 1.807) is 4.57 Å². The molecule has 1 saturated heterocycles. The van der Waals surface area contributed by atoms with Crippen LogP contribution in [0.1, 0.15) is 44.9 Å². The van der Waals surface area contributed by atoms with Gasteiger partial charge in [-0.25, -0.2) is 4.79 Å². The SMILES string of the molecule is Nc1nc(NCC2CCCCC2)nc2c1[nH]c(=O)n2CC1CCOCC1. The fourth-order valence-corrected chi connectivity index (χ4v) is 4.11.